The summed E-state index contributed by atoms with van der Waals surface area (Å²) in [6.45, 7) is 2.39. The maximum atomic E-state index is 12.5. The summed E-state index contributed by atoms with van der Waals surface area (Å²) >= 11 is 0. The number of unbranched alkanes of at least 4 members (excludes halogenated alkanes) is 4. The first-order valence-corrected chi connectivity index (χ1v) is 8.74. The molecule has 1 aliphatic rings. The number of carbonyl (C=O) groups excluding carboxylic acids is 2. The van der Waals surface area contributed by atoms with Crippen LogP contribution in [0.2, 0.25) is 0 Å². The maximum absolute atomic E-state index is 12.5. The molecule has 7 heteroatoms. The van der Waals surface area contributed by atoms with Crippen molar-refractivity contribution in [1.29, 1.82) is 0 Å². The van der Waals surface area contributed by atoms with Crippen LogP contribution in [0.1, 0.15) is 51.1 Å². The molecule has 0 radical (unpaired) electrons. The first kappa shape index (κ1) is 18.5. The highest BCUT2D eigenvalue weighted by Crippen LogP contribution is 2.18. The minimum atomic E-state index is -0.361. The zero-order valence-corrected chi connectivity index (χ0v) is 14.2. The van der Waals surface area contributed by atoms with E-state index in [4.69, 9.17) is 5.90 Å². The molecule has 0 saturated carbocycles. The van der Waals surface area contributed by atoms with Gasteiger partial charge in [-0.2, -0.15) is 5.90 Å². The molecule has 2 heterocycles. The number of hydrogen-bond acceptors (Lipinski definition) is 5. The molecule has 2 rings (SSSR count). The topological polar surface area (TPSA) is 89.6 Å². The molecule has 0 bridgehead atoms. The zero-order chi connectivity index (χ0) is 17.2. The molecule has 1 aromatic rings. The monoisotopic (exact) mass is 336 g/mol. The summed E-state index contributed by atoms with van der Waals surface area (Å²) in [5.74, 6) is 4.65. The van der Waals surface area contributed by atoms with Gasteiger partial charge in [-0.15, -0.1) is 0 Å². The summed E-state index contributed by atoms with van der Waals surface area (Å²) in [4.78, 5) is 29.5. The molecule has 1 aliphatic heterocycles. The van der Waals surface area contributed by atoms with E-state index in [2.05, 4.69) is 14.7 Å². The van der Waals surface area contributed by atoms with Gasteiger partial charge < -0.3 is 19.6 Å². The normalized spacial score (nSPS) is 17.7. The van der Waals surface area contributed by atoms with Crippen molar-refractivity contribution in [1.82, 2.24) is 14.8 Å². The molecule has 1 saturated heterocycles. The fourth-order valence-corrected chi connectivity index (χ4v) is 3.07. The van der Waals surface area contributed by atoms with Crippen molar-refractivity contribution in [2.24, 2.45) is 5.90 Å². The van der Waals surface area contributed by atoms with Gasteiger partial charge in [0.1, 0.15) is 6.17 Å². The van der Waals surface area contributed by atoms with Crippen molar-refractivity contribution in [2.45, 2.75) is 51.1 Å². The van der Waals surface area contributed by atoms with Gasteiger partial charge in [0.15, 0.2) is 0 Å². The third-order valence-corrected chi connectivity index (χ3v) is 4.41. The number of rotatable bonds is 9. The first-order valence-electron chi connectivity index (χ1n) is 8.74. The molecule has 3 N–H and O–H groups in total. The van der Waals surface area contributed by atoms with Crippen LogP contribution in [0.25, 0.3) is 0 Å². The third-order valence-electron chi connectivity index (χ3n) is 4.41. The fourth-order valence-electron chi connectivity index (χ4n) is 3.07. The lowest BCUT2D eigenvalue weighted by Gasteiger charge is -2.37. The number of nitrogens with zero attached hydrogens (tertiary/aromatic N) is 2. The van der Waals surface area contributed by atoms with Gasteiger partial charge in [-0.05, 0) is 25.0 Å². The number of carbonyl (C=O) groups is 2. The number of aromatic nitrogens is 1. The van der Waals surface area contributed by atoms with Crippen LogP contribution < -0.4 is 11.2 Å². The van der Waals surface area contributed by atoms with E-state index in [-0.39, 0.29) is 18.0 Å². The lowest BCUT2D eigenvalue weighted by molar-refractivity contribution is -0.144. The van der Waals surface area contributed by atoms with E-state index >= 15 is 0 Å². The molecular weight excluding hydrogens is 308 g/mol. The van der Waals surface area contributed by atoms with Crippen molar-refractivity contribution >= 4 is 11.9 Å². The summed E-state index contributed by atoms with van der Waals surface area (Å²) in [6.07, 6.45) is 9.70. The van der Waals surface area contributed by atoms with Gasteiger partial charge in [-0.1, -0.05) is 19.3 Å². The molecule has 7 nitrogen and oxygen atoms in total. The molecule has 1 fully saturated rings. The van der Waals surface area contributed by atoms with Crippen LogP contribution in [0.3, 0.4) is 0 Å². The van der Waals surface area contributed by atoms with Crippen molar-refractivity contribution in [3.05, 3.63) is 24.5 Å². The van der Waals surface area contributed by atoms with Crippen molar-refractivity contribution in [3.63, 3.8) is 0 Å². The fraction of sp³-hybridized carbons (Fsp3) is 0.647. The molecule has 1 atom stereocenters. The van der Waals surface area contributed by atoms with E-state index in [1.54, 1.807) is 0 Å². The Balaban J connectivity index is 1.65. The van der Waals surface area contributed by atoms with Gasteiger partial charge in [0.25, 0.3) is 0 Å². The standard InChI is InChI=1S/C17H28N4O3/c18-24-17(23)9-5-3-1-2-4-8-16(22)21-13-10-19-14-15(21)20-11-6-7-12-20/h6-7,11-12,15,19H,1-5,8-10,13-14,18H2. The first-order chi connectivity index (χ1) is 11.7. The second-order valence-corrected chi connectivity index (χ2v) is 6.16. The molecular formula is C17H28N4O3. The molecule has 1 aromatic heterocycles. The Bertz CT molecular complexity index is 504. The zero-order valence-electron chi connectivity index (χ0n) is 14.2. The minimum Gasteiger partial charge on any atom is -0.373 e. The second kappa shape index (κ2) is 10.1. The SMILES string of the molecule is NOC(=O)CCCCCCCC(=O)N1CCNCC1n1cccc1. The lowest BCUT2D eigenvalue weighted by atomic mass is 10.1. The van der Waals surface area contributed by atoms with E-state index in [1.807, 2.05) is 29.4 Å². The average Bonchev–Trinajstić information content (AvgIpc) is 3.15. The minimum absolute atomic E-state index is 0.0727. The molecule has 24 heavy (non-hydrogen) atoms. The summed E-state index contributed by atoms with van der Waals surface area (Å²) in [5, 5.41) is 3.35. The van der Waals surface area contributed by atoms with Crippen molar-refractivity contribution < 1.29 is 14.4 Å². The Kier molecular flexibility index (Phi) is 7.77. The molecule has 0 aromatic carbocycles. The van der Waals surface area contributed by atoms with E-state index in [0.29, 0.717) is 12.8 Å². The molecule has 0 spiro atoms. The van der Waals surface area contributed by atoms with Crippen LogP contribution in [0.15, 0.2) is 24.5 Å². The van der Waals surface area contributed by atoms with Gasteiger partial charge in [0, 0.05) is 44.9 Å². The van der Waals surface area contributed by atoms with Crippen LogP contribution in [0.5, 0.6) is 0 Å². The highest BCUT2D eigenvalue weighted by atomic mass is 16.7. The number of amides is 1. The van der Waals surface area contributed by atoms with Crippen LogP contribution in [-0.2, 0) is 14.4 Å². The second-order valence-electron chi connectivity index (χ2n) is 6.16. The van der Waals surface area contributed by atoms with Crippen LogP contribution in [0.4, 0.5) is 0 Å². The molecule has 1 amide bonds. The van der Waals surface area contributed by atoms with E-state index in [9.17, 15) is 9.59 Å². The van der Waals surface area contributed by atoms with Gasteiger partial charge in [-0.25, -0.2) is 0 Å². The van der Waals surface area contributed by atoms with Gasteiger partial charge >= 0.3 is 5.97 Å². The quantitative estimate of drug-likeness (QED) is 0.528. The van der Waals surface area contributed by atoms with Crippen LogP contribution in [-0.4, -0.2) is 41.0 Å². The summed E-state index contributed by atoms with van der Waals surface area (Å²) in [6, 6.07) is 3.97. The van der Waals surface area contributed by atoms with Gasteiger partial charge in [0.2, 0.25) is 5.91 Å². The molecule has 134 valence electrons. The summed E-state index contributed by atoms with van der Waals surface area (Å²) in [5.41, 5.74) is 0. The highest BCUT2D eigenvalue weighted by molar-refractivity contribution is 5.76. The molecule has 1 unspecified atom stereocenters. The number of nitrogens with one attached hydrogen (secondary N) is 1. The van der Waals surface area contributed by atoms with E-state index in [1.165, 1.54) is 0 Å². The Hall–Kier alpha value is -1.86. The summed E-state index contributed by atoms with van der Waals surface area (Å²) in [7, 11) is 0. The van der Waals surface area contributed by atoms with E-state index < -0.39 is 0 Å². The largest absolute Gasteiger partial charge is 0.373 e. The number of piperazine rings is 1. The predicted molar refractivity (Wildman–Crippen MR) is 90.7 cm³/mol. The predicted octanol–water partition coefficient (Wildman–Crippen LogP) is 1.57. The Morgan fingerprint density at radius 3 is 2.46 bits per heavy atom. The summed E-state index contributed by atoms with van der Waals surface area (Å²) < 4.78 is 2.08. The lowest BCUT2D eigenvalue weighted by Crippen LogP contribution is -2.50. The van der Waals surface area contributed by atoms with Gasteiger partial charge in [0.05, 0.1) is 0 Å². The van der Waals surface area contributed by atoms with E-state index in [0.717, 1.165) is 51.7 Å². The van der Waals surface area contributed by atoms with Crippen molar-refractivity contribution in [2.75, 3.05) is 19.6 Å². The third kappa shape index (κ3) is 5.65. The molecule has 0 aliphatic carbocycles. The highest BCUT2D eigenvalue weighted by Gasteiger charge is 2.26. The maximum Gasteiger partial charge on any atom is 0.324 e. The Morgan fingerprint density at radius 2 is 1.75 bits per heavy atom. The Morgan fingerprint density at radius 1 is 1.08 bits per heavy atom. The van der Waals surface area contributed by atoms with Crippen LogP contribution >= 0.6 is 0 Å². The number of hydrogen-bond donors (Lipinski definition) is 2. The number of nitrogens with two attached hydrogens (primary N) is 1. The van der Waals surface area contributed by atoms with Gasteiger partial charge in [-0.3, -0.25) is 9.59 Å². The smallest absolute Gasteiger partial charge is 0.324 e. The average molecular weight is 336 g/mol. The Labute approximate surface area is 143 Å². The van der Waals surface area contributed by atoms with Crippen LogP contribution in [0, 0.1) is 0 Å². The van der Waals surface area contributed by atoms with Crippen molar-refractivity contribution in [3.8, 4) is 0 Å².